The summed E-state index contributed by atoms with van der Waals surface area (Å²) in [6, 6.07) is 7.26. The number of nitrogens with one attached hydrogen (secondary N) is 1. The zero-order valence-corrected chi connectivity index (χ0v) is 11.3. The molecular formula is C13H16ClN3O. The van der Waals surface area contributed by atoms with Crippen molar-refractivity contribution in [2.24, 2.45) is 0 Å². The molecule has 0 aliphatic carbocycles. The highest BCUT2D eigenvalue weighted by atomic mass is 35.5. The summed E-state index contributed by atoms with van der Waals surface area (Å²) in [7, 11) is 0. The second kappa shape index (κ2) is 6.31. The first-order valence-corrected chi connectivity index (χ1v) is 5.73. The molecule has 4 nitrogen and oxygen atoms in total. The van der Waals surface area contributed by atoms with E-state index in [0.29, 0.717) is 11.5 Å². The van der Waals surface area contributed by atoms with Crippen LogP contribution < -0.4 is 5.56 Å². The van der Waals surface area contributed by atoms with Crippen LogP contribution in [0.5, 0.6) is 0 Å². The van der Waals surface area contributed by atoms with Gasteiger partial charge in [0, 0.05) is 17.5 Å². The minimum atomic E-state index is -0.143. The lowest BCUT2D eigenvalue weighted by molar-refractivity contribution is 0.881. The lowest BCUT2D eigenvalue weighted by atomic mass is 10.2. The van der Waals surface area contributed by atoms with Crippen molar-refractivity contribution in [1.29, 1.82) is 0 Å². The second-order valence-electron chi connectivity index (χ2n) is 4.00. The molecule has 2 aromatic heterocycles. The van der Waals surface area contributed by atoms with Crippen LogP contribution in [0.1, 0.15) is 24.7 Å². The van der Waals surface area contributed by atoms with Gasteiger partial charge in [0.1, 0.15) is 5.69 Å². The van der Waals surface area contributed by atoms with Gasteiger partial charge in [-0.2, -0.15) is 0 Å². The minimum Gasteiger partial charge on any atom is -0.305 e. The number of pyridine rings is 1. The summed E-state index contributed by atoms with van der Waals surface area (Å²) in [6.45, 7) is 3.91. The Hall–Kier alpha value is -1.68. The van der Waals surface area contributed by atoms with Gasteiger partial charge in [-0.05, 0) is 25.5 Å². The van der Waals surface area contributed by atoms with E-state index < -0.39 is 0 Å². The molecule has 0 aliphatic rings. The van der Waals surface area contributed by atoms with Crippen LogP contribution in [0, 0.1) is 6.92 Å². The lowest BCUT2D eigenvalue weighted by Gasteiger charge is -2.03. The van der Waals surface area contributed by atoms with Gasteiger partial charge in [-0.1, -0.05) is 19.4 Å². The normalized spacial score (nSPS) is 9.89. The molecule has 0 saturated heterocycles. The maximum absolute atomic E-state index is 11.4. The van der Waals surface area contributed by atoms with Crippen molar-refractivity contribution in [1.82, 2.24) is 15.0 Å². The summed E-state index contributed by atoms with van der Waals surface area (Å²) in [5.74, 6) is 0.535. The molecule has 18 heavy (non-hydrogen) atoms. The maximum atomic E-state index is 11.4. The Labute approximate surface area is 112 Å². The maximum Gasteiger partial charge on any atom is 0.251 e. The van der Waals surface area contributed by atoms with Crippen LogP contribution in [0.25, 0.3) is 11.5 Å². The third-order valence-electron chi connectivity index (χ3n) is 2.43. The predicted octanol–water partition coefficient (Wildman–Crippen LogP) is 2.51. The summed E-state index contributed by atoms with van der Waals surface area (Å²) in [5, 5.41) is 0. The van der Waals surface area contributed by atoms with Gasteiger partial charge in [0.2, 0.25) is 0 Å². The predicted molar refractivity (Wildman–Crippen MR) is 74.1 cm³/mol. The van der Waals surface area contributed by atoms with Gasteiger partial charge < -0.3 is 4.98 Å². The van der Waals surface area contributed by atoms with Crippen LogP contribution >= 0.6 is 12.4 Å². The number of aromatic amines is 1. The standard InChI is InChI=1S/C13H15N3O.ClH/c1-3-5-10-6-4-7-11(15-10)13-14-9(2)8-12(17)16-13;/h4,6-8H,3,5H2,1-2H3,(H,14,16,17);1H. The molecule has 0 saturated carbocycles. The smallest absolute Gasteiger partial charge is 0.251 e. The molecule has 5 heteroatoms. The number of hydrogen-bond acceptors (Lipinski definition) is 3. The Balaban J connectivity index is 0.00000162. The molecule has 0 aromatic carbocycles. The summed E-state index contributed by atoms with van der Waals surface area (Å²) in [6.07, 6.45) is 1.98. The zero-order chi connectivity index (χ0) is 12.3. The fourth-order valence-corrected chi connectivity index (χ4v) is 1.71. The molecule has 0 fully saturated rings. The van der Waals surface area contributed by atoms with Crippen LogP contribution in [-0.2, 0) is 6.42 Å². The van der Waals surface area contributed by atoms with Gasteiger partial charge in [0.25, 0.3) is 5.56 Å². The SMILES string of the molecule is CCCc1cccc(-c2nc(C)cc(=O)[nH]2)n1.Cl. The average molecular weight is 266 g/mol. The summed E-state index contributed by atoms with van der Waals surface area (Å²) in [5.41, 5.74) is 2.30. The Bertz CT molecular complexity index is 580. The highest BCUT2D eigenvalue weighted by Crippen LogP contribution is 2.12. The monoisotopic (exact) mass is 265 g/mol. The van der Waals surface area contributed by atoms with E-state index in [1.807, 2.05) is 18.2 Å². The molecule has 1 N–H and O–H groups in total. The molecule has 0 amide bonds. The largest absolute Gasteiger partial charge is 0.305 e. The fraction of sp³-hybridized carbons (Fsp3) is 0.308. The molecule has 2 rings (SSSR count). The summed E-state index contributed by atoms with van der Waals surface area (Å²) in [4.78, 5) is 22.8. The van der Waals surface area contributed by atoms with E-state index in [0.717, 1.165) is 24.2 Å². The van der Waals surface area contributed by atoms with E-state index in [-0.39, 0.29) is 18.0 Å². The Kier molecular flexibility index (Phi) is 5.04. The van der Waals surface area contributed by atoms with Gasteiger partial charge in [-0.3, -0.25) is 4.79 Å². The first-order valence-electron chi connectivity index (χ1n) is 5.73. The third kappa shape index (κ3) is 3.40. The molecule has 0 atom stereocenters. The van der Waals surface area contributed by atoms with E-state index in [1.54, 1.807) is 6.92 Å². The number of hydrogen-bond donors (Lipinski definition) is 1. The first kappa shape index (κ1) is 14.4. The summed E-state index contributed by atoms with van der Waals surface area (Å²) >= 11 is 0. The van der Waals surface area contributed by atoms with Gasteiger partial charge in [0.05, 0.1) is 0 Å². The topological polar surface area (TPSA) is 58.6 Å². The van der Waals surface area contributed by atoms with E-state index in [9.17, 15) is 4.79 Å². The van der Waals surface area contributed by atoms with E-state index >= 15 is 0 Å². The molecule has 0 bridgehead atoms. The summed E-state index contributed by atoms with van der Waals surface area (Å²) < 4.78 is 0. The van der Waals surface area contributed by atoms with Crippen LogP contribution in [0.2, 0.25) is 0 Å². The average Bonchev–Trinajstić information content (AvgIpc) is 2.28. The van der Waals surface area contributed by atoms with Gasteiger partial charge in [-0.15, -0.1) is 12.4 Å². The number of nitrogens with zero attached hydrogens (tertiary/aromatic N) is 2. The molecule has 2 heterocycles. The highest BCUT2D eigenvalue weighted by Gasteiger charge is 2.04. The number of H-pyrrole nitrogens is 1. The van der Waals surface area contributed by atoms with Crippen LogP contribution in [-0.4, -0.2) is 15.0 Å². The molecule has 0 aliphatic heterocycles. The van der Waals surface area contributed by atoms with Crippen molar-refractivity contribution in [3.63, 3.8) is 0 Å². The molecule has 0 radical (unpaired) electrons. The second-order valence-corrected chi connectivity index (χ2v) is 4.00. The van der Waals surface area contributed by atoms with Crippen molar-refractivity contribution in [2.45, 2.75) is 26.7 Å². The Morgan fingerprint density at radius 2 is 2.06 bits per heavy atom. The van der Waals surface area contributed by atoms with Gasteiger partial charge >= 0.3 is 0 Å². The van der Waals surface area contributed by atoms with E-state index in [1.165, 1.54) is 6.07 Å². The zero-order valence-electron chi connectivity index (χ0n) is 10.4. The lowest BCUT2D eigenvalue weighted by Crippen LogP contribution is -2.09. The van der Waals surface area contributed by atoms with Crippen molar-refractivity contribution >= 4 is 12.4 Å². The first-order chi connectivity index (χ1) is 8.19. The number of halogens is 1. The van der Waals surface area contributed by atoms with Crippen LogP contribution in [0.3, 0.4) is 0 Å². The third-order valence-corrected chi connectivity index (χ3v) is 2.43. The van der Waals surface area contributed by atoms with Crippen molar-refractivity contribution in [3.8, 4) is 11.5 Å². The van der Waals surface area contributed by atoms with Crippen LogP contribution in [0.15, 0.2) is 29.1 Å². The minimum absolute atomic E-state index is 0. The molecule has 96 valence electrons. The quantitative estimate of drug-likeness (QED) is 0.928. The van der Waals surface area contributed by atoms with Crippen molar-refractivity contribution < 1.29 is 0 Å². The van der Waals surface area contributed by atoms with Gasteiger partial charge in [0.15, 0.2) is 5.82 Å². The molecule has 2 aromatic rings. The molecular weight excluding hydrogens is 250 g/mol. The van der Waals surface area contributed by atoms with Crippen molar-refractivity contribution in [2.75, 3.05) is 0 Å². The van der Waals surface area contributed by atoms with Crippen LogP contribution in [0.4, 0.5) is 0 Å². The number of aromatic nitrogens is 3. The fourth-order valence-electron chi connectivity index (χ4n) is 1.71. The van der Waals surface area contributed by atoms with E-state index in [4.69, 9.17) is 0 Å². The Morgan fingerprint density at radius 1 is 1.28 bits per heavy atom. The molecule has 0 spiro atoms. The highest BCUT2D eigenvalue weighted by molar-refractivity contribution is 5.85. The molecule has 0 unspecified atom stereocenters. The number of rotatable bonds is 3. The Morgan fingerprint density at radius 3 is 2.72 bits per heavy atom. The van der Waals surface area contributed by atoms with E-state index in [2.05, 4.69) is 21.9 Å². The van der Waals surface area contributed by atoms with Gasteiger partial charge in [-0.25, -0.2) is 9.97 Å². The number of aryl methyl sites for hydroxylation is 2. The van der Waals surface area contributed by atoms with Crippen molar-refractivity contribution in [3.05, 3.63) is 46.0 Å².